The number of nitrogens with one attached hydrogen (secondary N) is 1. The van der Waals surface area contributed by atoms with Gasteiger partial charge in [-0.1, -0.05) is 64.8 Å². The molecule has 0 aliphatic carbocycles. The van der Waals surface area contributed by atoms with Gasteiger partial charge in [0, 0.05) is 17.7 Å². The Labute approximate surface area is 180 Å². The summed E-state index contributed by atoms with van der Waals surface area (Å²) in [6, 6.07) is 23.2. The number of nitrogens with zero attached hydrogens (tertiary/aromatic N) is 2. The zero-order chi connectivity index (χ0) is 21.6. The normalized spacial score (nSPS) is 10.6. The molecule has 0 fully saturated rings. The number of carbonyl (C=O) groups is 1. The highest BCUT2D eigenvalue weighted by Crippen LogP contribution is 2.24. The lowest BCUT2D eigenvalue weighted by Gasteiger charge is -2.08. The lowest BCUT2D eigenvalue weighted by Crippen LogP contribution is -2.28. The van der Waals surface area contributed by atoms with Crippen molar-refractivity contribution in [1.29, 1.82) is 0 Å². The van der Waals surface area contributed by atoms with Gasteiger partial charge in [0.15, 0.2) is 6.61 Å². The first-order valence-corrected chi connectivity index (χ1v) is 10.0. The van der Waals surface area contributed by atoms with E-state index in [1.807, 2.05) is 74.5 Å². The van der Waals surface area contributed by atoms with Crippen molar-refractivity contribution in [2.75, 3.05) is 6.61 Å². The highest BCUT2D eigenvalue weighted by atomic mass is 16.5. The van der Waals surface area contributed by atoms with Crippen LogP contribution in [0.2, 0.25) is 0 Å². The second-order valence-corrected chi connectivity index (χ2v) is 7.36. The van der Waals surface area contributed by atoms with Crippen LogP contribution in [-0.2, 0) is 11.3 Å². The summed E-state index contributed by atoms with van der Waals surface area (Å²) in [4.78, 5) is 16.5. The molecule has 0 aliphatic heterocycles. The van der Waals surface area contributed by atoms with Crippen molar-refractivity contribution < 1.29 is 14.1 Å². The second-order valence-electron chi connectivity index (χ2n) is 7.36. The van der Waals surface area contributed by atoms with Crippen molar-refractivity contribution in [3.05, 3.63) is 89.5 Å². The molecule has 0 aliphatic rings. The van der Waals surface area contributed by atoms with Crippen LogP contribution in [0.25, 0.3) is 22.8 Å². The molecule has 6 heteroatoms. The summed E-state index contributed by atoms with van der Waals surface area (Å²) in [5.74, 6) is 1.38. The number of benzene rings is 3. The molecule has 1 aromatic heterocycles. The number of hydrogen-bond donors (Lipinski definition) is 1. The quantitative estimate of drug-likeness (QED) is 0.475. The number of rotatable bonds is 7. The van der Waals surface area contributed by atoms with Gasteiger partial charge >= 0.3 is 0 Å². The summed E-state index contributed by atoms with van der Waals surface area (Å²) < 4.78 is 11.0. The van der Waals surface area contributed by atoms with Gasteiger partial charge in [0.1, 0.15) is 5.75 Å². The smallest absolute Gasteiger partial charge is 0.258 e. The maximum atomic E-state index is 12.0. The van der Waals surface area contributed by atoms with E-state index in [1.54, 1.807) is 12.1 Å². The number of aryl methyl sites for hydroxylation is 2. The fourth-order valence-corrected chi connectivity index (χ4v) is 2.96. The van der Waals surface area contributed by atoms with Crippen LogP contribution in [0.1, 0.15) is 16.7 Å². The third-order valence-corrected chi connectivity index (χ3v) is 4.82. The number of aromatic nitrogens is 2. The number of amides is 1. The fraction of sp³-hybridized carbons (Fsp3) is 0.160. The SMILES string of the molecule is Cc1ccc(CNC(=O)COc2ccc(-c3nc(-c4ccc(C)cc4)no3)cc2)cc1. The van der Waals surface area contributed by atoms with Crippen LogP contribution in [0.4, 0.5) is 0 Å². The lowest BCUT2D eigenvalue weighted by atomic mass is 10.1. The van der Waals surface area contributed by atoms with Crippen LogP contribution in [0, 0.1) is 13.8 Å². The Kier molecular flexibility index (Phi) is 6.08. The molecule has 31 heavy (non-hydrogen) atoms. The van der Waals surface area contributed by atoms with E-state index in [0.717, 1.165) is 16.7 Å². The van der Waals surface area contributed by atoms with E-state index in [-0.39, 0.29) is 12.5 Å². The third-order valence-electron chi connectivity index (χ3n) is 4.82. The Balaban J connectivity index is 1.30. The molecule has 4 rings (SSSR count). The predicted octanol–water partition coefficient (Wildman–Crippen LogP) is 4.72. The Morgan fingerprint density at radius 2 is 1.48 bits per heavy atom. The summed E-state index contributed by atoms with van der Waals surface area (Å²) in [5.41, 5.74) is 5.09. The first-order valence-electron chi connectivity index (χ1n) is 10.0. The van der Waals surface area contributed by atoms with Crippen LogP contribution >= 0.6 is 0 Å². The van der Waals surface area contributed by atoms with Crippen LogP contribution in [0.15, 0.2) is 77.3 Å². The van der Waals surface area contributed by atoms with E-state index < -0.39 is 0 Å². The highest BCUT2D eigenvalue weighted by Gasteiger charge is 2.11. The summed E-state index contributed by atoms with van der Waals surface area (Å²) in [5, 5.41) is 6.90. The molecular formula is C25H23N3O3. The number of carbonyl (C=O) groups excluding carboxylic acids is 1. The Bertz CT molecular complexity index is 1150. The molecule has 0 unspecified atom stereocenters. The third kappa shape index (κ3) is 5.36. The van der Waals surface area contributed by atoms with Gasteiger partial charge in [-0.3, -0.25) is 4.79 Å². The zero-order valence-corrected chi connectivity index (χ0v) is 17.5. The van der Waals surface area contributed by atoms with E-state index in [2.05, 4.69) is 15.5 Å². The molecule has 6 nitrogen and oxygen atoms in total. The molecule has 4 aromatic rings. The lowest BCUT2D eigenvalue weighted by molar-refractivity contribution is -0.123. The minimum absolute atomic E-state index is 0.0522. The van der Waals surface area contributed by atoms with Crippen molar-refractivity contribution in [2.45, 2.75) is 20.4 Å². The van der Waals surface area contributed by atoms with Crippen LogP contribution < -0.4 is 10.1 Å². The van der Waals surface area contributed by atoms with Crippen LogP contribution in [-0.4, -0.2) is 22.7 Å². The zero-order valence-electron chi connectivity index (χ0n) is 17.5. The standard InChI is InChI=1S/C25H23N3O3/c1-17-3-7-19(8-4-17)15-26-23(29)16-30-22-13-11-21(12-14-22)25-27-24(28-31-25)20-9-5-18(2)6-10-20/h3-14H,15-16H2,1-2H3,(H,26,29). The van der Waals surface area contributed by atoms with E-state index in [4.69, 9.17) is 9.26 Å². The van der Waals surface area contributed by atoms with Crippen LogP contribution in [0.5, 0.6) is 5.75 Å². The van der Waals surface area contributed by atoms with E-state index >= 15 is 0 Å². The largest absolute Gasteiger partial charge is 0.484 e. The summed E-state index contributed by atoms with van der Waals surface area (Å²) in [7, 11) is 0. The average molecular weight is 413 g/mol. The van der Waals surface area contributed by atoms with Gasteiger partial charge in [-0.15, -0.1) is 0 Å². The molecular weight excluding hydrogens is 390 g/mol. The maximum absolute atomic E-state index is 12.0. The minimum Gasteiger partial charge on any atom is -0.484 e. The summed E-state index contributed by atoms with van der Waals surface area (Å²) in [6.07, 6.45) is 0. The molecule has 3 aromatic carbocycles. The topological polar surface area (TPSA) is 77.2 Å². The monoisotopic (exact) mass is 413 g/mol. The van der Waals surface area contributed by atoms with Gasteiger partial charge in [-0.25, -0.2) is 0 Å². The van der Waals surface area contributed by atoms with Gasteiger partial charge < -0.3 is 14.6 Å². The first kappa shape index (κ1) is 20.3. The fourth-order valence-electron chi connectivity index (χ4n) is 2.96. The minimum atomic E-state index is -0.177. The van der Waals surface area contributed by atoms with Gasteiger partial charge in [0.2, 0.25) is 5.82 Å². The van der Waals surface area contributed by atoms with Crippen molar-refractivity contribution in [2.24, 2.45) is 0 Å². The number of hydrogen-bond acceptors (Lipinski definition) is 5. The molecule has 1 amide bonds. The van der Waals surface area contributed by atoms with Crippen molar-refractivity contribution >= 4 is 5.91 Å². The molecule has 156 valence electrons. The first-order chi connectivity index (χ1) is 15.1. The van der Waals surface area contributed by atoms with Gasteiger partial charge in [-0.2, -0.15) is 4.98 Å². The Morgan fingerprint density at radius 3 is 2.16 bits per heavy atom. The Hall–Kier alpha value is -3.93. The molecule has 1 N–H and O–H groups in total. The molecule has 1 heterocycles. The van der Waals surface area contributed by atoms with E-state index in [9.17, 15) is 4.79 Å². The van der Waals surface area contributed by atoms with E-state index in [1.165, 1.54) is 11.1 Å². The molecule has 0 bridgehead atoms. The van der Waals surface area contributed by atoms with Gasteiger partial charge in [-0.05, 0) is 43.7 Å². The molecule has 0 radical (unpaired) electrons. The van der Waals surface area contributed by atoms with Crippen LogP contribution in [0.3, 0.4) is 0 Å². The van der Waals surface area contributed by atoms with Crippen molar-refractivity contribution in [1.82, 2.24) is 15.5 Å². The van der Waals surface area contributed by atoms with Crippen molar-refractivity contribution in [3.63, 3.8) is 0 Å². The average Bonchev–Trinajstić information content (AvgIpc) is 3.28. The molecule has 0 atom stereocenters. The number of ether oxygens (including phenoxy) is 1. The summed E-state index contributed by atoms with van der Waals surface area (Å²) in [6.45, 7) is 4.48. The highest BCUT2D eigenvalue weighted by molar-refractivity contribution is 5.77. The summed E-state index contributed by atoms with van der Waals surface area (Å²) >= 11 is 0. The van der Waals surface area contributed by atoms with Gasteiger partial charge in [0.05, 0.1) is 0 Å². The molecule has 0 spiro atoms. The van der Waals surface area contributed by atoms with E-state index in [0.29, 0.717) is 24.0 Å². The molecule has 0 saturated carbocycles. The maximum Gasteiger partial charge on any atom is 0.258 e. The van der Waals surface area contributed by atoms with Crippen molar-refractivity contribution in [3.8, 4) is 28.6 Å². The van der Waals surface area contributed by atoms with Gasteiger partial charge in [0.25, 0.3) is 11.8 Å². The second kappa shape index (κ2) is 9.26. The predicted molar refractivity (Wildman–Crippen MR) is 118 cm³/mol. The molecule has 0 saturated heterocycles. The Morgan fingerprint density at radius 1 is 0.871 bits per heavy atom.